The second-order valence-corrected chi connectivity index (χ2v) is 4.36. The van der Waals surface area contributed by atoms with Crippen LogP contribution in [-0.2, 0) is 0 Å². The summed E-state index contributed by atoms with van der Waals surface area (Å²) < 4.78 is 18.9. The molecule has 0 unspecified atom stereocenters. The van der Waals surface area contributed by atoms with Gasteiger partial charge >= 0.3 is 0 Å². The fraction of sp³-hybridized carbons (Fsp3) is 0.133. The van der Waals surface area contributed by atoms with E-state index in [0.717, 1.165) is 11.3 Å². The van der Waals surface area contributed by atoms with Crippen LogP contribution < -0.4 is 4.74 Å². The molecule has 0 fully saturated rings. The van der Waals surface area contributed by atoms with Crippen LogP contribution >= 0.6 is 0 Å². The van der Waals surface area contributed by atoms with Gasteiger partial charge in [-0.15, -0.1) is 0 Å². The van der Waals surface area contributed by atoms with Crippen molar-refractivity contribution < 1.29 is 9.13 Å². The van der Waals surface area contributed by atoms with Gasteiger partial charge in [-0.25, -0.2) is 9.37 Å². The first-order chi connectivity index (χ1) is 9.22. The van der Waals surface area contributed by atoms with E-state index in [1.807, 2.05) is 37.3 Å². The molecule has 0 amide bonds. The van der Waals surface area contributed by atoms with Crippen LogP contribution in [0.25, 0.3) is 11.0 Å². The number of benzene rings is 2. The number of aromatic nitrogens is 2. The van der Waals surface area contributed by atoms with Gasteiger partial charge in [0.2, 0.25) is 0 Å². The van der Waals surface area contributed by atoms with E-state index in [0.29, 0.717) is 11.3 Å². The van der Waals surface area contributed by atoms with Gasteiger partial charge < -0.3 is 9.72 Å². The predicted octanol–water partition coefficient (Wildman–Crippen LogP) is 3.84. The molecule has 0 aliphatic rings. The zero-order chi connectivity index (χ0) is 13.2. The standard InChI is InChI=1S/C15H13FN2O/c1-10(19-12-5-3-2-4-6-12)15-17-13-8-7-11(16)9-14(13)18-15/h2-10H,1H3,(H,17,18)/t10-/m0/s1. The highest BCUT2D eigenvalue weighted by atomic mass is 19.1. The van der Waals surface area contributed by atoms with Crippen molar-refractivity contribution in [1.82, 2.24) is 9.97 Å². The number of aromatic amines is 1. The van der Waals surface area contributed by atoms with Crippen LogP contribution in [0.15, 0.2) is 48.5 Å². The molecule has 0 saturated heterocycles. The Morgan fingerprint density at radius 1 is 1.16 bits per heavy atom. The van der Waals surface area contributed by atoms with Crippen LogP contribution in [0.2, 0.25) is 0 Å². The maximum atomic E-state index is 13.1. The minimum atomic E-state index is -0.278. The van der Waals surface area contributed by atoms with Gasteiger partial charge in [0.1, 0.15) is 17.4 Å². The molecule has 3 rings (SSSR count). The number of imidazole rings is 1. The van der Waals surface area contributed by atoms with E-state index in [1.54, 1.807) is 6.07 Å². The minimum Gasteiger partial charge on any atom is -0.483 e. The van der Waals surface area contributed by atoms with Gasteiger partial charge in [0.05, 0.1) is 11.0 Å². The zero-order valence-electron chi connectivity index (χ0n) is 10.4. The summed E-state index contributed by atoms with van der Waals surface area (Å²) >= 11 is 0. The van der Waals surface area contributed by atoms with Crippen molar-refractivity contribution >= 4 is 11.0 Å². The van der Waals surface area contributed by atoms with Crippen LogP contribution in [0.5, 0.6) is 5.75 Å². The zero-order valence-corrected chi connectivity index (χ0v) is 10.4. The second-order valence-electron chi connectivity index (χ2n) is 4.36. The molecule has 19 heavy (non-hydrogen) atoms. The van der Waals surface area contributed by atoms with Crippen molar-refractivity contribution in [3.05, 3.63) is 60.2 Å². The molecule has 1 atom stereocenters. The molecule has 4 heteroatoms. The fourth-order valence-corrected chi connectivity index (χ4v) is 1.95. The third-order valence-electron chi connectivity index (χ3n) is 2.90. The average Bonchev–Trinajstić information content (AvgIpc) is 2.83. The smallest absolute Gasteiger partial charge is 0.153 e. The number of H-pyrrole nitrogens is 1. The fourth-order valence-electron chi connectivity index (χ4n) is 1.95. The van der Waals surface area contributed by atoms with E-state index in [-0.39, 0.29) is 11.9 Å². The lowest BCUT2D eigenvalue weighted by Gasteiger charge is -2.11. The SMILES string of the molecule is C[C@H](Oc1ccccc1)c1nc2ccc(F)cc2[nH]1. The lowest BCUT2D eigenvalue weighted by Crippen LogP contribution is -2.04. The summed E-state index contributed by atoms with van der Waals surface area (Å²) in [5.41, 5.74) is 1.42. The van der Waals surface area contributed by atoms with Crippen molar-refractivity contribution in [2.24, 2.45) is 0 Å². The summed E-state index contributed by atoms with van der Waals surface area (Å²) in [7, 11) is 0. The summed E-state index contributed by atoms with van der Waals surface area (Å²) in [6.07, 6.45) is -0.224. The Morgan fingerprint density at radius 3 is 2.74 bits per heavy atom. The molecule has 2 aromatic carbocycles. The topological polar surface area (TPSA) is 37.9 Å². The Labute approximate surface area is 110 Å². The first-order valence-corrected chi connectivity index (χ1v) is 6.09. The Kier molecular flexibility index (Phi) is 2.91. The van der Waals surface area contributed by atoms with E-state index in [4.69, 9.17) is 4.74 Å². The highest BCUT2D eigenvalue weighted by Gasteiger charge is 2.12. The third-order valence-corrected chi connectivity index (χ3v) is 2.90. The number of hydrogen-bond donors (Lipinski definition) is 1. The number of rotatable bonds is 3. The number of hydrogen-bond acceptors (Lipinski definition) is 2. The molecule has 0 saturated carbocycles. The van der Waals surface area contributed by atoms with Crippen molar-refractivity contribution in [2.45, 2.75) is 13.0 Å². The highest BCUT2D eigenvalue weighted by Crippen LogP contribution is 2.22. The minimum absolute atomic E-state index is 0.224. The van der Waals surface area contributed by atoms with E-state index < -0.39 is 0 Å². The lowest BCUT2D eigenvalue weighted by atomic mass is 10.3. The van der Waals surface area contributed by atoms with Gasteiger partial charge in [-0.3, -0.25) is 0 Å². The predicted molar refractivity (Wildman–Crippen MR) is 71.5 cm³/mol. The van der Waals surface area contributed by atoms with Gasteiger partial charge in [-0.05, 0) is 37.3 Å². The maximum absolute atomic E-state index is 13.1. The van der Waals surface area contributed by atoms with Crippen LogP contribution in [0.4, 0.5) is 4.39 Å². The average molecular weight is 256 g/mol. The molecule has 0 bridgehead atoms. The van der Waals surface area contributed by atoms with E-state index >= 15 is 0 Å². The molecule has 0 radical (unpaired) electrons. The molecule has 0 aliphatic heterocycles. The van der Waals surface area contributed by atoms with Crippen LogP contribution in [0.3, 0.4) is 0 Å². The lowest BCUT2D eigenvalue weighted by molar-refractivity contribution is 0.218. The van der Waals surface area contributed by atoms with Gasteiger partial charge in [-0.1, -0.05) is 18.2 Å². The molecule has 96 valence electrons. The number of halogens is 1. The first-order valence-electron chi connectivity index (χ1n) is 6.09. The summed E-state index contributed by atoms with van der Waals surface area (Å²) in [6.45, 7) is 1.90. The molecule has 0 aliphatic carbocycles. The van der Waals surface area contributed by atoms with E-state index in [1.165, 1.54) is 12.1 Å². The molecule has 0 spiro atoms. The van der Waals surface area contributed by atoms with Crippen molar-refractivity contribution in [3.8, 4) is 5.75 Å². The first kappa shape index (κ1) is 11.7. The number of nitrogens with one attached hydrogen (secondary N) is 1. The quantitative estimate of drug-likeness (QED) is 0.773. The Hall–Kier alpha value is -2.36. The summed E-state index contributed by atoms with van der Waals surface area (Å²) in [5.74, 6) is 1.19. The summed E-state index contributed by atoms with van der Waals surface area (Å²) in [4.78, 5) is 7.48. The third kappa shape index (κ3) is 2.42. The van der Waals surface area contributed by atoms with Crippen LogP contribution in [0.1, 0.15) is 18.9 Å². The number of fused-ring (bicyclic) bond motifs is 1. The van der Waals surface area contributed by atoms with Gasteiger partial charge in [-0.2, -0.15) is 0 Å². The Morgan fingerprint density at radius 2 is 1.95 bits per heavy atom. The van der Waals surface area contributed by atoms with Crippen molar-refractivity contribution in [3.63, 3.8) is 0 Å². The van der Waals surface area contributed by atoms with Gasteiger partial charge in [0.15, 0.2) is 6.10 Å². The largest absolute Gasteiger partial charge is 0.483 e. The van der Waals surface area contributed by atoms with E-state index in [2.05, 4.69) is 9.97 Å². The second kappa shape index (κ2) is 4.72. The maximum Gasteiger partial charge on any atom is 0.153 e. The molecule has 1 heterocycles. The van der Waals surface area contributed by atoms with Gasteiger partial charge in [0, 0.05) is 0 Å². The summed E-state index contributed by atoms with van der Waals surface area (Å²) in [5, 5.41) is 0. The number of nitrogens with zero attached hydrogens (tertiary/aromatic N) is 1. The monoisotopic (exact) mass is 256 g/mol. The van der Waals surface area contributed by atoms with E-state index in [9.17, 15) is 4.39 Å². The Balaban J connectivity index is 1.87. The normalized spacial score (nSPS) is 12.5. The Bertz CT molecular complexity index is 694. The van der Waals surface area contributed by atoms with Crippen molar-refractivity contribution in [1.29, 1.82) is 0 Å². The molecule has 1 N–H and O–H groups in total. The van der Waals surface area contributed by atoms with Crippen molar-refractivity contribution in [2.75, 3.05) is 0 Å². The van der Waals surface area contributed by atoms with Crippen LogP contribution in [-0.4, -0.2) is 9.97 Å². The molecule has 3 nitrogen and oxygen atoms in total. The van der Waals surface area contributed by atoms with Gasteiger partial charge in [0.25, 0.3) is 0 Å². The molecule has 1 aromatic heterocycles. The van der Waals surface area contributed by atoms with Crippen LogP contribution in [0, 0.1) is 5.82 Å². The molecule has 3 aromatic rings. The molecular formula is C15H13FN2O. The number of para-hydroxylation sites is 1. The number of ether oxygens (including phenoxy) is 1. The molecular weight excluding hydrogens is 243 g/mol. The summed E-state index contributed by atoms with van der Waals surface area (Å²) in [6, 6.07) is 14.0. The highest BCUT2D eigenvalue weighted by molar-refractivity contribution is 5.75.